The first-order valence-electron chi connectivity index (χ1n) is 6.32. The van der Waals surface area contributed by atoms with E-state index >= 15 is 0 Å². The summed E-state index contributed by atoms with van der Waals surface area (Å²) >= 11 is 5.95. The molecule has 1 aromatic carbocycles. The van der Waals surface area contributed by atoms with Crippen molar-refractivity contribution in [3.05, 3.63) is 57.2 Å². The number of rotatable bonds is 3. The molecule has 1 atom stereocenters. The minimum absolute atomic E-state index is 0.0606. The van der Waals surface area contributed by atoms with Gasteiger partial charge in [0.2, 0.25) is 0 Å². The summed E-state index contributed by atoms with van der Waals surface area (Å²) in [6.07, 6.45) is 0. The number of furan rings is 1. The number of carbonyl (C=O) groups excluding carboxylic acids is 1. The molecule has 0 aliphatic heterocycles. The van der Waals surface area contributed by atoms with E-state index in [1.54, 1.807) is 20.8 Å². The Morgan fingerprint density at radius 1 is 1.33 bits per heavy atom. The van der Waals surface area contributed by atoms with E-state index in [-0.39, 0.29) is 5.02 Å². The Morgan fingerprint density at radius 2 is 2.00 bits per heavy atom. The van der Waals surface area contributed by atoms with Gasteiger partial charge in [-0.05, 0) is 38.5 Å². The number of Topliss-reactive ketones (excluding diaryl/α,β-unsaturated/α-hetero) is 1. The molecule has 0 N–H and O–H groups in total. The molecule has 108 valence electrons. The van der Waals surface area contributed by atoms with Gasteiger partial charge in [-0.15, -0.1) is 0 Å². The van der Waals surface area contributed by atoms with Gasteiger partial charge in [0.15, 0.2) is 5.78 Å². The Kier molecular flexibility index (Phi) is 4.15. The van der Waals surface area contributed by atoms with Crippen LogP contribution >= 0.6 is 11.6 Å². The molecule has 2 rings (SSSR count). The van der Waals surface area contributed by atoms with E-state index in [4.69, 9.17) is 16.0 Å². The van der Waals surface area contributed by atoms with Crippen molar-refractivity contribution in [1.82, 2.24) is 0 Å². The second-order valence-corrected chi connectivity index (χ2v) is 5.21. The van der Waals surface area contributed by atoms with Crippen LogP contribution in [0.5, 0.6) is 0 Å². The number of halogens is 2. The van der Waals surface area contributed by atoms with Crippen molar-refractivity contribution in [2.45, 2.75) is 26.7 Å². The van der Waals surface area contributed by atoms with Gasteiger partial charge < -0.3 is 4.42 Å². The molecule has 0 spiro atoms. The van der Waals surface area contributed by atoms with Gasteiger partial charge in [-0.2, -0.15) is 5.26 Å². The number of benzene rings is 1. The van der Waals surface area contributed by atoms with Crippen LogP contribution in [0.3, 0.4) is 0 Å². The molecule has 1 unspecified atom stereocenters. The molecule has 0 bridgehead atoms. The number of ketones is 1. The average molecular weight is 306 g/mol. The number of aryl methyl sites for hydroxylation is 2. The van der Waals surface area contributed by atoms with Crippen molar-refractivity contribution in [3.63, 3.8) is 0 Å². The summed E-state index contributed by atoms with van der Waals surface area (Å²) in [7, 11) is 0. The normalized spacial score (nSPS) is 12.0. The number of carbonyl (C=O) groups is 1. The van der Waals surface area contributed by atoms with E-state index in [0.717, 1.165) is 6.07 Å². The summed E-state index contributed by atoms with van der Waals surface area (Å²) in [5, 5.41) is 9.40. The Morgan fingerprint density at radius 3 is 2.48 bits per heavy atom. The standard InChI is InChI=1S/C16H13ClFNO2/c1-8-9(2)21-10(3)15(8)16(20)13(7-19)12-5-4-11(18)6-14(12)17/h4-6,13H,1-3H3. The van der Waals surface area contributed by atoms with Gasteiger partial charge in [0.25, 0.3) is 0 Å². The summed E-state index contributed by atoms with van der Waals surface area (Å²) in [5.41, 5.74) is 1.39. The minimum atomic E-state index is -1.09. The van der Waals surface area contributed by atoms with Crippen LogP contribution in [0.4, 0.5) is 4.39 Å². The zero-order valence-corrected chi connectivity index (χ0v) is 12.6. The summed E-state index contributed by atoms with van der Waals surface area (Å²) in [6, 6.07) is 5.58. The maximum Gasteiger partial charge on any atom is 0.188 e. The van der Waals surface area contributed by atoms with E-state index in [1.807, 2.05) is 6.07 Å². The third-order valence-electron chi connectivity index (χ3n) is 3.47. The Hall–Kier alpha value is -2.12. The number of hydrogen-bond donors (Lipinski definition) is 0. The van der Waals surface area contributed by atoms with Crippen LogP contribution in [0, 0.1) is 37.9 Å². The molecule has 0 saturated carbocycles. The predicted octanol–water partition coefficient (Wildman–Crippen LogP) is 4.49. The van der Waals surface area contributed by atoms with Gasteiger partial charge in [0.05, 0.1) is 11.6 Å². The lowest BCUT2D eigenvalue weighted by atomic mass is 9.90. The molecule has 5 heteroatoms. The van der Waals surface area contributed by atoms with Crippen LogP contribution in [-0.4, -0.2) is 5.78 Å². The first kappa shape index (κ1) is 15.3. The smallest absolute Gasteiger partial charge is 0.188 e. The first-order chi connectivity index (χ1) is 9.86. The highest BCUT2D eigenvalue weighted by Crippen LogP contribution is 2.31. The highest BCUT2D eigenvalue weighted by molar-refractivity contribution is 6.32. The quantitative estimate of drug-likeness (QED) is 0.785. The Bertz CT molecular complexity index is 758. The average Bonchev–Trinajstić information content (AvgIpc) is 2.66. The largest absolute Gasteiger partial charge is 0.466 e. The molecular weight excluding hydrogens is 293 g/mol. The second-order valence-electron chi connectivity index (χ2n) is 4.81. The van der Waals surface area contributed by atoms with Crippen LogP contribution in [0.2, 0.25) is 5.02 Å². The molecular formula is C16H13ClFNO2. The van der Waals surface area contributed by atoms with Gasteiger partial charge >= 0.3 is 0 Å². The molecule has 0 aliphatic rings. The van der Waals surface area contributed by atoms with Crippen LogP contribution in [0.15, 0.2) is 22.6 Å². The highest BCUT2D eigenvalue weighted by Gasteiger charge is 2.29. The molecule has 0 aliphatic carbocycles. The molecule has 2 aromatic rings. The van der Waals surface area contributed by atoms with Gasteiger partial charge in [-0.3, -0.25) is 4.79 Å². The van der Waals surface area contributed by atoms with E-state index in [2.05, 4.69) is 0 Å². The molecule has 1 aromatic heterocycles. The fourth-order valence-electron chi connectivity index (χ4n) is 2.30. The molecule has 0 radical (unpaired) electrons. The fraction of sp³-hybridized carbons (Fsp3) is 0.250. The molecule has 0 amide bonds. The van der Waals surface area contributed by atoms with E-state index < -0.39 is 17.5 Å². The SMILES string of the molecule is Cc1oc(C)c(C(=O)C(C#N)c2ccc(F)cc2Cl)c1C. The third kappa shape index (κ3) is 2.70. The fourth-order valence-corrected chi connectivity index (χ4v) is 2.58. The topological polar surface area (TPSA) is 54.0 Å². The Labute approximate surface area is 126 Å². The minimum Gasteiger partial charge on any atom is -0.466 e. The lowest BCUT2D eigenvalue weighted by Crippen LogP contribution is -2.13. The molecule has 21 heavy (non-hydrogen) atoms. The molecule has 0 fully saturated rings. The van der Waals surface area contributed by atoms with Crippen molar-refractivity contribution in [2.75, 3.05) is 0 Å². The summed E-state index contributed by atoms with van der Waals surface area (Å²) in [4.78, 5) is 12.6. The van der Waals surface area contributed by atoms with Crippen LogP contribution in [-0.2, 0) is 0 Å². The second kappa shape index (κ2) is 5.71. The van der Waals surface area contributed by atoms with E-state index in [0.29, 0.717) is 28.2 Å². The van der Waals surface area contributed by atoms with Gasteiger partial charge in [0, 0.05) is 10.6 Å². The zero-order valence-electron chi connectivity index (χ0n) is 11.8. The number of nitriles is 1. The van der Waals surface area contributed by atoms with Crippen molar-refractivity contribution in [2.24, 2.45) is 0 Å². The first-order valence-corrected chi connectivity index (χ1v) is 6.70. The van der Waals surface area contributed by atoms with Gasteiger partial charge in [-0.25, -0.2) is 4.39 Å². The van der Waals surface area contributed by atoms with E-state index in [1.165, 1.54) is 12.1 Å². The van der Waals surface area contributed by atoms with E-state index in [9.17, 15) is 14.4 Å². The van der Waals surface area contributed by atoms with Crippen LogP contribution < -0.4 is 0 Å². The zero-order chi connectivity index (χ0) is 15.7. The van der Waals surface area contributed by atoms with Crippen molar-refractivity contribution in [1.29, 1.82) is 5.26 Å². The van der Waals surface area contributed by atoms with Crippen molar-refractivity contribution in [3.8, 4) is 6.07 Å². The predicted molar refractivity (Wildman–Crippen MR) is 77.0 cm³/mol. The third-order valence-corrected chi connectivity index (χ3v) is 3.80. The lowest BCUT2D eigenvalue weighted by Gasteiger charge is -2.10. The van der Waals surface area contributed by atoms with Gasteiger partial charge in [0.1, 0.15) is 23.3 Å². The Balaban J connectivity index is 2.51. The summed E-state index contributed by atoms with van der Waals surface area (Å²) in [6.45, 7) is 5.19. The number of hydrogen-bond acceptors (Lipinski definition) is 3. The molecule has 0 saturated heterocycles. The monoisotopic (exact) mass is 305 g/mol. The molecule has 3 nitrogen and oxygen atoms in total. The number of nitrogens with zero attached hydrogens (tertiary/aromatic N) is 1. The maximum absolute atomic E-state index is 13.1. The highest BCUT2D eigenvalue weighted by atomic mass is 35.5. The lowest BCUT2D eigenvalue weighted by molar-refractivity contribution is 0.0977. The maximum atomic E-state index is 13.1. The van der Waals surface area contributed by atoms with Crippen LogP contribution in [0.1, 0.15) is 38.9 Å². The molecule has 1 heterocycles. The van der Waals surface area contributed by atoms with Crippen molar-refractivity contribution >= 4 is 17.4 Å². The summed E-state index contributed by atoms with van der Waals surface area (Å²) < 4.78 is 18.5. The van der Waals surface area contributed by atoms with Gasteiger partial charge in [-0.1, -0.05) is 17.7 Å². The summed E-state index contributed by atoms with van der Waals surface area (Å²) in [5.74, 6) is -0.893. The van der Waals surface area contributed by atoms with Crippen molar-refractivity contribution < 1.29 is 13.6 Å². The van der Waals surface area contributed by atoms with Crippen LogP contribution in [0.25, 0.3) is 0 Å².